The molecule has 0 aliphatic carbocycles. The lowest BCUT2D eigenvalue weighted by Gasteiger charge is -2.14. The van der Waals surface area contributed by atoms with Crippen LogP contribution in [0.4, 0.5) is 46.5 Å². The highest BCUT2D eigenvalue weighted by atomic mass is 19.2. The largest absolute Gasteiger partial charge is 0.370 e. The van der Waals surface area contributed by atoms with Gasteiger partial charge in [0.05, 0.1) is 5.56 Å². The lowest BCUT2D eigenvalue weighted by molar-refractivity contribution is -0.172. The molecule has 0 bridgehead atoms. The Bertz CT molecular complexity index is 1430. The third kappa shape index (κ3) is 6.08. The van der Waals surface area contributed by atoms with Crippen LogP contribution in [0.3, 0.4) is 0 Å². The van der Waals surface area contributed by atoms with Gasteiger partial charge in [-0.05, 0) is 18.0 Å². The van der Waals surface area contributed by atoms with Crippen molar-refractivity contribution in [2.75, 3.05) is 0 Å². The fourth-order valence-corrected chi connectivity index (χ4v) is 2.78. The molecule has 0 unspecified atom stereocenters. The number of carbonyl (C=O) groups excluding carboxylic acids is 4. The van der Waals surface area contributed by atoms with Crippen molar-refractivity contribution in [1.29, 1.82) is 0 Å². The van der Waals surface area contributed by atoms with Crippen LogP contribution in [0.2, 0.25) is 0 Å². The van der Waals surface area contributed by atoms with Gasteiger partial charge >= 0.3 is 5.97 Å². The number of hydrogen-bond donors (Lipinski definition) is 0. The minimum atomic E-state index is -2.20. The van der Waals surface area contributed by atoms with E-state index in [4.69, 9.17) is 11.1 Å². The number of azide groups is 2. The minimum absolute atomic E-state index is 0. The molecule has 1 aliphatic rings. The zero-order valence-electron chi connectivity index (χ0n) is 18.6. The molecule has 1 fully saturated rings. The Morgan fingerprint density at radius 3 is 1.32 bits per heavy atom. The van der Waals surface area contributed by atoms with Gasteiger partial charge in [0.15, 0.2) is 52.3 Å². The Morgan fingerprint density at radius 1 is 0.700 bits per heavy atom. The molecule has 212 valence electrons. The van der Waals surface area contributed by atoms with Crippen molar-refractivity contribution in [3.63, 3.8) is 0 Å². The molecule has 12 nitrogen and oxygen atoms in total. The van der Waals surface area contributed by atoms with Gasteiger partial charge in [0.1, 0.15) is 16.9 Å². The number of Topliss-reactive ketones (excluding diaryl/α,β-unsaturated/α-hetero) is 1. The van der Waals surface area contributed by atoms with Gasteiger partial charge in [-0.3, -0.25) is 14.4 Å². The molecule has 40 heavy (non-hydrogen) atoms. The van der Waals surface area contributed by atoms with Gasteiger partial charge in [0.2, 0.25) is 0 Å². The molecule has 0 N–H and O–H groups in total. The van der Waals surface area contributed by atoms with Gasteiger partial charge in [0, 0.05) is 22.7 Å². The molecule has 1 saturated heterocycles. The van der Waals surface area contributed by atoms with Crippen molar-refractivity contribution in [3.8, 4) is 0 Å². The van der Waals surface area contributed by atoms with Crippen LogP contribution in [-0.2, 0) is 14.4 Å². The number of amides is 2. The summed E-state index contributed by atoms with van der Waals surface area (Å²) in [7, 11) is 0. The summed E-state index contributed by atoms with van der Waals surface area (Å²) in [6, 6.07) is 0. The predicted molar refractivity (Wildman–Crippen MR) is 113 cm³/mol. The molecule has 2 aromatic carbocycles. The van der Waals surface area contributed by atoms with Gasteiger partial charge in [-0.25, -0.2) is 39.9 Å². The standard InChI is InChI=1S/C11H4F4N4O4.C8H3F4N3O.CH4/c12-6-5(7(13)9(15)10(8(6)14)17-18-16)11(22)23-19-3(20)1-2-4(19)21;1-2(16)3-4(9)6(11)8(14-15-13)7(12)5(3)10;/h1-2H2;1H3;1H4. The molecule has 1 aliphatic heterocycles. The Labute approximate surface area is 215 Å². The maximum absolute atomic E-state index is 13.7. The zero-order chi connectivity index (χ0) is 29.8. The van der Waals surface area contributed by atoms with Gasteiger partial charge in [-0.1, -0.05) is 17.7 Å². The summed E-state index contributed by atoms with van der Waals surface area (Å²) in [4.78, 5) is 53.0. The van der Waals surface area contributed by atoms with Crippen LogP contribution in [-0.4, -0.2) is 28.6 Å². The second-order valence-electron chi connectivity index (χ2n) is 6.85. The lowest BCUT2D eigenvalue weighted by atomic mass is 10.1. The first-order chi connectivity index (χ1) is 18.2. The Hall–Kier alpha value is -5.22. The summed E-state index contributed by atoms with van der Waals surface area (Å²) in [6.45, 7) is 0.744. The van der Waals surface area contributed by atoms with E-state index < -0.39 is 92.6 Å². The fraction of sp³-hybridized carbons (Fsp3) is 0.200. The highest BCUT2D eigenvalue weighted by Crippen LogP contribution is 2.32. The molecule has 0 radical (unpaired) electrons. The molecular weight excluding hydrogens is 570 g/mol. The molecule has 0 aromatic heterocycles. The third-order valence-electron chi connectivity index (χ3n) is 4.51. The van der Waals surface area contributed by atoms with E-state index in [1.54, 1.807) is 0 Å². The normalized spacial score (nSPS) is 12.0. The summed E-state index contributed by atoms with van der Waals surface area (Å²) in [5.74, 6) is -21.3. The van der Waals surface area contributed by atoms with E-state index >= 15 is 0 Å². The summed E-state index contributed by atoms with van der Waals surface area (Å²) < 4.78 is 107. The average molecular weight is 581 g/mol. The highest BCUT2D eigenvalue weighted by molar-refractivity contribution is 6.03. The van der Waals surface area contributed by atoms with E-state index in [-0.39, 0.29) is 25.3 Å². The van der Waals surface area contributed by atoms with Gasteiger partial charge in [0.25, 0.3) is 11.8 Å². The maximum atomic E-state index is 13.7. The number of rotatable bonds is 5. The topological polar surface area (TPSA) is 178 Å². The van der Waals surface area contributed by atoms with Crippen LogP contribution in [0.5, 0.6) is 0 Å². The number of hydroxylamine groups is 2. The van der Waals surface area contributed by atoms with E-state index in [1.165, 1.54) is 0 Å². The highest BCUT2D eigenvalue weighted by Gasteiger charge is 2.37. The molecule has 0 atom stereocenters. The molecule has 3 rings (SSSR count). The zero-order valence-corrected chi connectivity index (χ0v) is 18.6. The SMILES string of the molecule is C.CC(=O)c1c(F)c(F)c(N=[N+]=[N-])c(F)c1F.[N-]=[N+]=Nc1c(F)c(F)c(C(=O)ON2C(=O)CCC2=O)c(F)c1F. The van der Waals surface area contributed by atoms with Crippen molar-refractivity contribution in [2.24, 2.45) is 10.2 Å². The lowest BCUT2D eigenvalue weighted by Crippen LogP contribution is -2.33. The van der Waals surface area contributed by atoms with Crippen LogP contribution < -0.4 is 0 Å². The van der Waals surface area contributed by atoms with Crippen LogP contribution in [0.25, 0.3) is 20.9 Å². The van der Waals surface area contributed by atoms with E-state index in [9.17, 15) is 54.3 Å². The van der Waals surface area contributed by atoms with Crippen molar-refractivity contribution in [1.82, 2.24) is 5.06 Å². The Balaban J connectivity index is 0.000000416. The van der Waals surface area contributed by atoms with E-state index in [0.717, 1.165) is 6.92 Å². The number of carbonyl (C=O) groups is 4. The molecule has 0 spiro atoms. The Morgan fingerprint density at radius 2 is 1.02 bits per heavy atom. The molecule has 0 saturated carbocycles. The average Bonchev–Trinajstić information content (AvgIpc) is 3.19. The van der Waals surface area contributed by atoms with Gasteiger partial charge in [-0.2, -0.15) is 0 Å². The Kier molecular flexibility index (Phi) is 10.7. The van der Waals surface area contributed by atoms with Crippen molar-refractivity contribution < 1.29 is 59.1 Å². The fourth-order valence-electron chi connectivity index (χ4n) is 2.78. The monoisotopic (exact) mass is 581 g/mol. The van der Waals surface area contributed by atoms with Gasteiger partial charge < -0.3 is 4.84 Å². The van der Waals surface area contributed by atoms with Crippen molar-refractivity contribution >= 4 is 34.9 Å². The first-order valence-corrected chi connectivity index (χ1v) is 9.62. The summed E-state index contributed by atoms with van der Waals surface area (Å²) in [5, 5.41) is 4.84. The second kappa shape index (κ2) is 13.0. The quantitative estimate of drug-likeness (QED) is 0.0750. The number of benzene rings is 2. The number of ketones is 1. The smallest absolute Gasteiger partial charge is 0.325 e. The van der Waals surface area contributed by atoms with E-state index in [1.807, 2.05) is 9.82 Å². The third-order valence-corrected chi connectivity index (χ3v) is 4.51. The van der Waals surface area contributed by atoms with Crippen LogP contribution >= 0.6 is 0 Å². The van der Waals surface area contributed by atoms with Crippen LogP contribution in [0, 0.1) is 46.5 Å². The first-order valence-electron chi connectivity index (χ1n) is 9.62. The van der Waals surface area contributed by atoms with E-state index in [0.29, 0.717) is 0 Å². The number of nitrogens with zero attached hydrogens (tertiary/aromatic N) is 7. The number of hydrogen-bond acceptors (Lipinski definition) is 7. The van der Waals surface area contributed by atoms with Crippen LogP contribution in [0.15, 0.2) is 10.2 Å². The minimum Gasteiger partial charge on any atom is -0.325 e. The molecule has 20 heteroatoms. The second-order valence-corrected chi connectivity index (χ2v) is 6.85. The molecular formula is C20H11F8N7O5. The van der Waals surface area contributed by atoms with E-state index in [2.05, 4.69) is 15.1 Å². The van der Waals surface area contributed by atoms with Crippen molar-refractivity contribution in [2.45, 2.75) is 27.2 Å². The maximum Gasteiger partial charge on any atom is 0.370 e. The summed E-state index contributed by atoms with van der Waals surface area (Å²) >= 11 is 0. The first kappa shape index (κ1) is 32.8. The molecule has 2 amide bonds. The number of halogens is 8. The van der Waals surface area contributed by atoms with Crippen molar-refractivity contribution in [3.05, 3.63) is 78.6 Å². The predicted octanol–water partition coefficient (Wildman–Crippen LogP) is 6.43. The number of imide groups is 1. The summed E-state index contributed by atoms with van der Waals surface area (Å²) in [5.41, 5.74) is 9.81. The van der Waals surface area contributed by atoms with Gasteiger partial charge in [-0.15, -0.1) is 5.06 Å². The summed E-state index contributed by atoms with van der Waals surface area (Å²) in [6.07, 6.45) is -0.592. The van der Waals surface area contributed by atoms with Crippen LogP contribution in [0.1, 0.15) is 47.9 Å². The molecule has 1 heterocycles. The molecule has 2 aromatic rings.